The third-order valence-corrected chi connectivity index (χ3v) is 3.90. The van der Waals surface area contributed by atoms with E-state index in [1.807, 2.05) is 6.07 Å². The van der Waals surface area contributed by atoms with Crippen LogP contribution in [0.5, 0.6) is 5.75 Å². The molecule has 1 amide bonds. The molecule has 5 nitrogen and oxygen atoms in total. The minimum absolute atomic E-state index is 0.116. The first-order valence-electron chi connectivity index (χ1n) is 8.02. The van der Waals surface area contributed by atoms with Crippen molar-refractivity contribution in [2.24, 2.45) is 0 Å². The predicted octanol–water partition coefficient (Wildman–Crippen LogP) is 3.83. The van der Waals surface area contributed by atoms with Crippen molar-refractivity contribution in [3.63, 3.8) is 0 Å². The number of nitrogens with zero attached hydrogens (tertiary/aromatic N) is 2. The van der Waals surface area contributed by atoms with Crippen molar-refractivity contribution >= 4 is 5.91 Å². The highest BCUT2D eigenvalue weighted by molar-refractivity contribution is 5.95. The van der Waals surface area contributed by atoms with E-state index < -0.39 is 23.3 Å². The van der Waals surface area contributed by atoms with Gasteiger partial charge in [0.05, 0.1) is 24.6 Å². The van der Waals surface area contributed by atoms with E-state index in [-0.39, 0.29) is 12.2 Å². The maximum Gasteiger partial charge on any atom is 0.434 e. The van der Waals surface area contributed by atoms with Crippen molar-refractivity contribution in [2.45, 2.75) is 12.7 Å². The number of carbonyl (C=O) groups excluding carboxylic acids is 1. The van der Waals surface area contributed by atoms with Crippen molar-refractivity contribution in [2.75, 3.05) is 7.11 Å². The summed E-state index contributed by atoms with van der Waals surface area (Å²) < 4.78 is 46.6. The molecule has 3 rings (SSSR count). The number of amides is 1. The number of hydrogen-bond acceptors (Lipinski definition) is 3. The molecule has 8 heteroatoms. The zero-order valence-corrected chi connectivity index (χ0v) is 14.3. The second kappa shape index (κ2) is 7.53. The number of rotatable bonds is 5. The number of methoxy groups -OCH3 is 1. The van der Waals surface area contributed by atoms with Crippen LogP contribution in [0, 0.1) is 0 Å². The van der Waals surface area contributed by atoms with E-state index in [0.29, 0.717) is 10.4 Å². The lowest BCUT2D eigenvalue weighted by atomic mass is 10.2. The Balaban J connectivity index is 1.91. The molecule has 0 unspecified atom stereocenters. The Hall–Kier alpha value is -3.29. The van der Waals surface area contributed by atoms with E-state index in [1.54, 1.807) is 24.3 Å². The number of halogens is 3. The Bertz CT molecular complexity index is 920. The fourth-order valence-electron chi connectivity index (χ4n) is 2.58. The molecular weight excluding hydrogens is 359 g/mol. The van der Waals surface area contributed by atoms with Crippen LogP contribution in [0.4, 0.5) is 13.2 Å². The van der Waals surface area contributed by atoms with Crippen LogP contribution in [-0.2, 0) is 12.7 Å². The average Bonchev–Trinajstić information content (AvgIpc) is 3.13. The third kappa shape index (κ3) is 4.11. The smallest absolute Gasteiger partial charge is 0.434 e. The second-order valence-electron chi connectivity index (χ2n) is 5.68. The first-order valence-corrected chi connectivity index (χ1v) is 8.02. The molecule has 0 radical (unpaired) electrons. The van der Waals surface area contributed by atoms with E-state index in [0.717, 1.165) is 11.8 Å². The van der Waals surface area contributed by atoms with Gasteiger partial charge in [0.1, 0.15) is 5.75 Å². The first-order chi connectivity index (χ1) is 12.9. The minimum Gasteiger partial charge on any atom is -0.497 e. The van der Waals surface area contributed by atoms with Crippen LogP contribution in [0.25, 0.3) is 5.69 Å². The van der Waals surface area contributed by atoms with Crippen molar-refractivity contribution in [1.29, 1.82) is 0 Å². The number of ether oxygens (including phenoxy) is 1. The summed E-state index contributed by atoms with van der Waals surface area (Å²) in [5.74, 6) is -0.341. The average molecular weight is 375 g/mol. The van der Waals surface area contributed by atoms with Gasteiger partial charge in [-0.25, -0.2) is 4.68 Å². The normalized spacial score (nSPS) is 11.3. The number of aromatic nitrogens is 2. The molecule has 1 heterocycles. The molecular formula is C19H16F3N3O2. The van der Waals surface area contributed by atoms with Crippen molar-refractivity contribution in [3.8, 4) is 11.4 Å². The standard InChI is InChI=1S/C19H16F3N3O2/c1-27-15-9-7-14(8-10-15)25-17(19(20,21)22)16(12-24-25)18(26)23-11-13-5-3-2-4-6-13/h2-10,12H,11H2,1H3,(H,23,26). The van der Waals surface area contributed by atoms with E-state index >= 15 is 0 Å². The van der Waals surface area contributed by atoms with Gasteiger partial charge in [-0.05, 0) is 29.8 Å². The monoisotopic (exact) mass is 375 g/mol. The Morgan fingerprint density at radius 1 is 1.11 bits per heavy atom. The Morgan fingerprint density at radius 3 is 2.37 bits per heavy atom. The molecule has 1 N–H and O–H groups in total. The summed E-state index contributed by atoms with van der Waals surface area (Å²) in [7, 11) is 1.46. The molecule has 1 aromatic heterocycles. The summed E-state index contributed by atoms with van der Waals surface area (Å²) in [6.07, 6.45) is -3.83. The largest absolute Gasteiger partial charge is 0.497 e. The summed E-state index contributed by atoms with van der Waals surface area (Å²) in [5.41, 5.74) is -0.709. The molecule has 0 aliphatic carbocycles. The van der Waals surface area contributed by atoms with Crippen molar-refractivity contribution in [1.82, 2.24) is 15.1 Å². The number of hydrogen-bond donors (Lipinski definition) is 1. The molecule has 2 aromatic carbocycles. The first kappa shape index (κ1) is 18.5. The molecule has 0 saturated carbocycles. The minimum atomic E-state index is -4.75. The summed E-state index contributed by atoms with van der Waals surface area (Å²) in [4.78, 5) is 12.3. The van der Waals surface area contributed by atoms with Gasteiger partial charge in [-0.1, -0.05) is 30.3 Å². The molecule has 3 aromatic rings. The fraction of sp³-hybridized carbons (Fsp3) is 0.158. The van der Waals surface area contributed by atoms with Crippen LogP contribution >= 0.6 is 0 Å². The third-order valence-electron chi connectivity index (χ3n) is 3.90. The maximum atomic E-state index is 13.6. The number of nitrogens with one attached hydrogen (secondary N) is 1. The van der Waals surface area contributed by atoms with Gasteiger partial charge in [0.2, 0.25) is 0 Å². The van der Waals surface area contributed by atoms with E-state index in [1.165, 1.54) is 31.4 Å². The van der Waals surface area contributed by atoms with Crippen LogP contribution in [0.15, 0.2) is 60.8 Å². The SMILES string of the molecule is COc1ccc(-n2ncc(C(=O)NCc3ccccc3)c2C(F)(F)F)cc1. The molecule has 0 fully saturated rings. The highest BCUT2D eigenvalue weighted by atomic mass is 19.4. The Morgan fingerprint density at radius 2 is 1.78 bits per heavy atom. The number of carbonyl (C=O) groups is 1. The van der Waals surface area contributed by atoms with Gasteiger partial charge in [0.25, 0.3) is 5.91 Å². The van der Waals surface area contributed by atoms with Crippen molar-refractivity contribution in [3.05, 3.63) is 77.6 Å². The highest BCUT2D eigenvalue weighted by Crippen LogP contribution is 2.34. The maximum absolute atomic E-state index is 13.6. The van der Waals surface area contributed by atoms with Crippen molar-refractivity contribution < 1.29 is 22.7 Å². The topological polar surface area (TPSA) is 56.2 Å². The quantitative estimate of drug-likeness (QED) is 0.737. The van der Waals surface area contributed by atoms with Gasteiger partial charge in [-0.3, -0.25) is 4.79 Å². The van der Waals surface area contributed by atoms with Gasteiger partial charge in [-0.15, -0.1) is 0 Å². The molecule has 0 bridgehead atoms. The zero-order chi connectivity index (χ0) is 19.4. The lowest BCUT2D eigenvalue weighted by Crippen LogP contribution is -2.26. The van der Waals surface area contributed by atoms with E-state index in [9.17, 15) is 18.0 Å². The summed E-state index contributed by atoms with van der Waals surface area (Å²) in [6.45, 7) is 0.116. The number of benzene rings is 2. The van der Waals surface area contributed by atoms with Crippen LogP contribution in [0.2, 0.25) is 0 Å². The lowest BCUT2D eigenvalue weighted by molar-refractivity contribution is -0.143. The molecule has 0 atom stereocenters. The zero-order valence-electron chi connectivity index (χ0n) is 14.3. The fourth-order valence-corrected chi connectivity index (χ4v) is 2.58. The molecule has 27 heavy (non-hydrogen) atoms. The van der Waals surface area contributed by atoms with Crippen LogP contribution in [0.3, 0.4) is 0 Å². The molecule has 140 valence electrons. The van der Waals surface area contributed by atoms with Crippen LogP contribution in [-0.4, -0.2) is 22.8 Å². The predicted molar refractivity (Wildman–Crippen MR) is 92.7 cm³/mol. The molecule has 0 saturated heterocycles. The number of alkyl halides is 3. The van der Waals surface area contributed by atoms with Gasteiger partial charge < -0.3 is 10.1 Å². The lowest BCUT2D eigenvalue weighted by Gasteiger charge is -2.13. The van der Waals surface area contributed by atoms with Gasteiger partial charge >= 0.3 is 6.18 Å². The second-order valence-corrected chi connectivity index (χ2v) is 5.68. The van der Waals surface area contributed by atoms with Crippen LogP contribution in [0.1, 0.15) is 21.6 Å². The van der Waals surface area contributed by atoms with Gasteiger partial charge in [-0.2, -0.15) is 18.3 Å². The van der Waals surface area contributed by atoms with Crippen LogP contribution < -0.4 is 10.1 Å². The summed E-state index contributed by atoms with van der Waals surface area (Å²) >= 11 is 0. The Labute approximate surface area is 153 Å². The van der Waals surface area contributed by atoms with Gasteiger partial charge in [0, 0.05) is 6.54 Å². The summed E-state index contributed by atoms with van der Waals surface area (Å²) in [5, 5.41) is 6.28. The molecule has 0 aliphatic heterocycles. The van der Waals surface area contributed by atoms with E-state index in [2.05, 4.69) is 10.4 Å². The molecule has 0 spiro atoms. The highest BCUT2D eigenvalue weighted by Gasteiger charge is 2.40. The van der Waals surface area contributed by atoms with Gasteiger partial charge in [0.15, 0.2) is 5.69 Å². The Kier molecular flexibility index (Phi) is 5.16. The summed E-state index contributed by atoms with van der Waals surface area (Å²) in [6, 6.07) is 14.8. The van der Waals surface area contributed by atoms with E-state index in [4.69, 9.17) is 4.74 Å². The molecule has 0 aliphatic rings.